The fourth-order valence-electron chi connectivity index (χ4n) is 1.60. The molecule has 0 bridgehead atoms. The molecule has 0 amide bonds. The maximum atomic E-state index is 12.3. The number of anilines is 1. The lowest BCUT2D eigenvalue weighted by atomic mass is 10.2. The van der Waals surface area contributed by atoms with Crippen molar-refractivity contribution < 1.29 is 8.42 Å². The van der Waals surface area contributed by atoms with E-state index in [9.17, 15) is 8.42 Å². The van der Waals surface area contributed by atoms with Crippen LogP contribution in [-0.2, 0) is 10.0 Å². The summed E-state index contributed by atoms with van der Waals surface area (Å²) in [7, 11) is -3.81. The molecule has 0 fully saturated rings. The molecular formula is C13H10Cl2N2O2S2. The van der Waals surface area contributed by atoms with Crippen LogP contribution in [0, 0.1) is 0 Å². The van der Waals surface area contributed by atoms with Crippen LogP contribution in [0.1, 0.15) is 5.56 Å². The number of rotatable bonds is 4. The Morgan fingerprint density at radius 3 is 2.24 bits per heavy atom. The maximum absolute atomic E-state index is 12.3. The zero-order valence-electron chi connectivity index (χ0n) is 10.5. The number of nitrogens with two attached hydrogens (primary N) is 1. The fourth-order valence-corrected chi connectivity index (χ4v) is 3.46. The van der Waals surface area contributed by atoms with Gasteiger partial charge in [0, 0.05) is 16.3 Å². The monoisotopic (exact) mass is 360 g/mol. The van der Waals surface area contributed by atoms with Gasteiger partial charge in [0.05, 0.1) is 5.02 Å². The van der Waals surface area contributed by atoms with E-state index in [2.05, 4.69) is 4.72 Å². The summed E-state index contributed by atoms with van der Waals surface area (Å²) in [5.41, 5.74) is 6.36. The van der Waals surface area contributed by atoms with Crippen molar-refractivity contribution in [2.45, 2.75) is 4.90 Å². The van der Waals surface area contributed by atoms with Crippen molar-refractivity contribution in [3.63, 3.8) is 0 Å². The second-order valence-electron chi connectivity index (χ2n) is 4.12. The molecule has 0 aliphatic carbocycles. The predicted molar refractivity (Wildman–Crippen MR) is 89.6 cm³/mol. The number of benzene rings is 2. The molecule has 0 saturated carbocycles. The minimum atomic E-state index is -3.81. The molecule has 110 valence electrons. The van der Waals surface area contributed by atoms with Crippen LogP contribution < -0.4 is 10.5 Å². The molecule has 2 aromatic carbocycles. The van der Waals surface area contributed by atoms with Gasteiger partial charge >= 0.3 is 0 Å². The van der Waals surface area contributed by atoms with Crippen molar-refractivity contribution in [1.82, 2.24) is 0 Å². The van der Waals surface area contributed by atoms with Crippen molar-refractivity contribution >= 4 is 56.1 Å². The molecule has 0 aliphatic heterocycles. The first kappa shape index (κ1) is 16.0. The lowest BCUT2D eigenvalue weighted by Gasteiger charge is -2.10. The molecule has 0 atom stereocenters. The first-order valence-corrected chi connectivity index (χ1v) is 8.32. The molecule has 0 aromatic heterocycles. The zero-order chi connectivity index (χ0) is 15.6. The Balaban J connectivity index is 2.35. The van der Waals surface area contributed by atoms with E-state index in [1.807, 2.05) is 0 Å². The van der Waals surface area contributed by atoms with E-state index >= 15 is 0 Å². The molecule has 21 heavy (non-hydrogen) atoms. The molecule has 2 aromatic rings. The van der Waals surface area contributed by atoms with Crippen LogP contribution in [0.25, 0.3) is 0 Å². The summed E-state index contributed by atoms with van der Waals surface area (Å²) >= 11 is 16.6. The Bertz CT molecular complexity index is 790. The van der Waals surface area contributed by atoms with Gasteiger partial charge in [-0.1, -0.05) is 41.5 Å². The molecule has 0 unspecified atom stereocenters. The van der Waals surface area contributed by atoms with Gasteiger partial charge in [-0.05, 0) is 36.4 Å². The molecule has 0 radical (unpaired) electrons. The Morgan fingerprint density at radius 1 is 1.10 bits per heavy atom. The molecule has 0 aliphatic rings. The lowest BCUT2D eigenvalue weighted by Crippen LogP contribution is -2.15. The SMILES string of the molecule is NC(=S)c1ccc(S(=O)(=O)Nc2ccc(Cl)cc2)c(Cl)c1. The van der Waals surface area contributed by atoms with Gasteiger partial charge in [-0.3, -0.25) is 4.72 Å². The third-order valence-corrected chi connectivity index (χ3v) is 4.95. The largest absolute Gasteiger partial charge is 0.389 e. The van der Waals surface area contributed by atoms with E-state index in [0.717, 1.165) is 0 Å². The van der Waals surface area contributed by atoms with Crippen LogP contribution >= 0.6 is 35.4 Å². The molecule has 4 nitrogen and oxygen atoms in total. The Morgan fingerprint density at radius 2 is 1.71 bits per heavy atom. The zero-order valence-corrected chi connectivity index (χ0v) is 13.7. The highest BCUT2D eigenvalue weighted by molar-refractivity contribution is 7.92. The average molecular weight is 361 g/mol. The van der Waals surface area contributed by atoms with Crippen molar-refractivity contribution in [1.29, 1.82) is 0 Å². The van der Waals surface area contributed by atoms with Gasteiger partial charge in [0.25, 0.3) is 10.0 Å². The number of nitrogens with one attached hydrogen (secondary N) is 1. The molecule has 0 heterocycles. The predicted octanol–water partition coefficient (Wildman–Crippen LogP) is 3.43. The van der Waals surface area contributed by atoms with E-state index in [0.29, 0.717) is 16.3 Å². The van der Waals surface area contributed by atoms with E-state index < -0.39 is 10.0 Å². The standard InChI is InChI=1S/C13H10Cl2N2O2S2/c14-9-2-4-10(5-3-9)17-21(18,19)12-6-1-8(13(16)20)7-11(12)15/h1-7,17H,(H2,16,20). The smallest absolute Gasteiger partial charge is 0.263 e. The van der Waals surface area contributed by atoms with Crippen LogP contribution in [0.3, 0.4) is 0 Å². The fraction of sp³-hybridized carbons (Fsp3) is 0. The van der Waals surface area contributed by atoms with Gasteiger partial charge in [-0.2, -0.15) is 0 Å². The van der Waals surface area contributed by atoms with Gasteiger partial charge in [-0.15, -0.1) is 0 Å². The van der Waals surface area contributed by atoms with Gasteiger partial charge in [-0.25, -0.2) is 8.42 Å². The second kappa shape index (κ2) is 6.19. The van der Waals surface area contributed by atoms with Crippen molar-refractivity contribution in [3.05, 3.63) is 58.1 Å². The highest BCUT2D eigenvalue weighted by Crippen LogP contribution is 2.25. The molecule has 3 N–H and O–H groups in total. The summed E-state index contributed by atoms with van der Waals surface area (Å²) in [5, 5.41) is 0.554. The summed E-state index contributed by atoms with van der Waals surface area (Å²) in [6.45, 7) is 0. The van der Waals surface area contributed by atoms with E-state index in [1.165, 1.54) is 18.2 Å². The van der Waals surface area contributed by atoms with Gasteiger partial charge in [0.1, 0.15) is 9.88 Å². The quantitative estimate of drug-likeness (QED) is 0.819. The van der Waals surface area contributed by atoms with E-state index in [1.54, 1.807) is 24.3 Å². The van der Waals surface area contributed by atoms with Crippen LogP contribution in [-0.4, -0.2) is 13.4 Å². The minimum Gasteiger partial charge on any atom is -0.389 e. The third kappa shape index (κ3) is 3.85. The first-order chi connectivity index (χ1) is 9.79. The van der Waals surface area contributed by atoms with Crippen LogP contribution in [0.2, 0.25) is 10.0 Å². The summed E-state index contributed by atoms with van der Waals surface area (Å²) in [5.74, 6) is 0. The van der Waals surface area contributed by atoms with E-state index in [-0.39, 0.29) is 14.9 Å². The molecular weight excluding hydrogens is 351 g/mol. The van der Waals surface area contributed by atoms with Crippen molar-refractivity contribution in [2.75, 3.05) is 4.72 Å². The second-order valence-corrected chi connectivity index (χ2v) is 7.06. The van der Waals surface area contributed by atoms with Crippen molar-refractivity contribution in [2.24, 2.45) is 5.73 Å². The van der Waals surface area contributed by atoms with Crippen LogP contribution in [0.4, 0.5) is 5.69 Å². The van der Waals surface area contributed by atoms with Crippen LogP contribution in [0.15, 0.2) is 47.4 Å². The highest BCUT2D eigenvalue weighted by atomic mass is 35.5. The number of halogens is 2. The first-order valence-electron chi connectivity index (χ1n) is 5.67. The summed E-state index contributed by atoms with van der Waals surface area (Å²) in [6, 6.07) is 10.5. The number of thiocarbonyl (C=S) groups is 1. The normalized spacial score (nSPS) is 11.1. The van der Waals surface area contributed by atoms with Gasteiger partial charge in [0.15, 0.2) is 0 Å². The van der Waals surface area contributed by atoms with Gasteiger partial charge < -0.3 is 5.73 Å². The highest BCUT2D eigenvalue weighted by Gasteiger charge is 2.18. The number of hydrogen-bond acceptors (Lipinski definition) is 3. The minimum absolute atomic E-state index is 0.0433. The number of sulfonamides is 1. The molecule has 0 spiro atoms. The summed E-state index contributed by atoms with van der Waals surface area (Å²) in [6.07, 6.45) is 0. The van der Waals surface area contributed by atoms with E-state index in [4.69, 9.17) is 41.2 Å². The Kier molecular flexibility index (Phi) is 4.73. The number of hydrogen-bond donors (Lipinski definition) is 2. The van der Waals surface area contributed by atoms with Crippen molar-refractivity contribution in [3.8, 4) is 0 Å². The maximum Gasteiger partial charge on any atom is 0.263 e. The third-order valence-electron chi connectivity index (χ3n) is 2.60. The summed E-state index contributed by atoms with van der Waals surface area (Å²) < 4.78 is 27.0. The molecule has 0 saturated heterocycles. The van der Waals surface area contributed by atoms with Gasteiger partial charge in [0.2, 0.25) is 0 Å². The lowest BCUT2D eigenvalue weighted by molar-refractivity contribution is 0.601. The van der Waals surface area contributed by atoms with Crippen LogP contribution in [0.5, 0.6) is 0 Å². The molecule has 8 heteroatoms. The Labute approximate surface area is 137 Å². The Hall–Kier alpha value is -1.34. The molecule has 2 rings (SSSR count). The average Bonchev–Trinajstić information content (AvgIpc) is 2.40. The topological polar surface area (TPSA) is 72.2 Å². The summed E-state index contributed by atoms with van der Waals surface area (Å²) in [4.78, 5) is 0.0885.